The van der Waals surface area contributed by atoms with Crippen molar-refractivity contribution in [1.82, 2.24) is 5.43 Å². The van der Waals surface area contributed by atoms with Gasteiger partial charge in [-0.25, -0.2) is 5.43 Å². The summed E-state index contributed by atoms with van der Waals surface area (Å²) in [7, 11) is 0. The van der Waals surface area contributed by atoms with E-state index in [4.69, 9.17) is 11.6 Å². The van der Waals surface area contributed by atoms with Gasteiger partial charge in [-0.05, 0) is 41.3 Å². The summed E-state index contributed by atoms with van der Waals surface area (Å²) in [6.07, 6.45) is 1.85. The number of halogens is 1. The molecule has 0 spiro atoms. The second-order valence-electron chi connectivity index (χ2n) is 6.90. The van der Waals surface area contributed by atoms with Gasteiger partial charge in [0.15, 0.2) is 0 Å². The molecule has 0 bridgehead atoms. The molecule has 2 atom stereocenters. The maximum Gasteiger partial charge on any atom is 0.318 e. The molecule has 1 aliphatic carbocycles. The third-order valence-electron chi connectivity index (χ3n) is 5.17. The van der Waals surface area contributed by atoms with Crippen molar-refractivity contribution in [3.8, 4) is 5.75 Å². The second kappa shape index (κ2) is 7.23. The van der Waals surface area contributed by atoms with Gasteiger partial charge in [0.05, 0.1) is 21.5 Å². The summed E-state index contributed by atoms with van der Waals surface area (Å²) in [5.41, 5.74) is 2.78. The third kappa shape index (κ3) is 3.26. The molecule has 0 radical (unpaired) electrons. The molecule has 1 heterocycles. The molecule has 2 unspecified atom stereocenters. The maximum absolute atomic E-state index is 12.4. The van der Waals surface area contributed by atoms with Gasteiger partial charge in [-0.3, -0.25) is 25.0 Å². The van der Waals surface area contributed by atoms with Gasteiger partial charge in [0, 0.05) is 23.1 Å². The number of allylic oxidation sites excluding steroid dienone is 2. The smallest absolute Gasteiger partial charge is 0.318 e. The number of hydrogen-bond acceptors (Lipinski definition) is 7. The van der Waals surface area contributed by atoms with Gasteiger partial charge in [0.1, 0.15) is 0 Å². The number of nitro groups is 2. The molecule has 0 aromatic heterocycles. The first kappa shape index (κ1) is 19.5. The quantitative estimate of drug-likeness (QED) is 0.562. The lowest BCUT2D eigenvalue weighted by Gasteiger charge is -2.28. The number of phenols is 1. The van der Waals surface area contributed by atoms with Crippen LogP contribution in [0.3, 0.4) is 0 Å². The first-order valence-electron chi connectivity index (χ1n) is 8.76. The van der Waals surface area contributed by atoms with E-state index in [0.717, 1.165) is 17.7 Å². The fourth-order valence-corrected chi connectivity index (χ4v) is 4.01. The Bertz CT molecular complexity index is 1140. The minimum atomic E-state index is -1.01. The Hall–Kier alpha value is -3.79. The molecular formula is C19H13ClN4O6. The molecule has 10 nitrogen and oxygen atoms in total. The molecule has 1 amide bonds. The Morgan fingerprint density at radius 1 is 1.13 bits per heavy atom. The van der Waals surface area contributed by atoms with Crippen LogP contribution in [0, 0.1) is 26.1 Å². The van der Waals surface area contributed by atoms with Crippen molar-refractivity contribution in [3.05, 3.63) is 78.9 Å². The molecule has 2 aromatic carbocycles. The van der Waals surface area contributed by atoms with Gasteiger partial charge >= 0.3 is 11.4 Å². The third-order valence-corrected chi connectivity index (χ3v) is 5.41. The zero-order valence-electron chi connectivity index (χ0n) is 15.1. The average Bonchev–Trinajstić information content (AvgIpc) is 3.08. The Kier molecular flexibility index (Phi) is 4.70. The number of hydrogen-bond donors (Lipinski definition) is 2. The number of benzene rings is 2. The van der Waals surface area contributed by atoms with E-state index in [1.54, 1.807) is 24.3 Å². The number of nitro benzene ring substituents is 2. The molecule has 2 aliphatic rings. The number of amides is 1. The summed E-state index contributed by atoms with van der Waals surface area (Å²) in [6, 6.07) is 9.13. The molecule has 0 fully saturated rings. The standard InChI is InChI=1S/C19H13ClN4O6/c20-12-3-1-2-9(4-12)13-5-10(6-14-17(13)19(26)22-21-14)11-7-15(23(27)28)18(25)16(8-11)24(29)30/h1-4,6-8,13,17,25H,5H2,(H,22,26). The van der Waals surface area contributed by atoms with Crippen LogP contribution in [0.2, 0.25) is 5.02 Å². The van der Waals surface area contributed by atoms with E-state index < -0.39 is 32.9 Å². The summed E-state index contributed by atoms with van der Waals surface area (Å²) < 4.78 is 0. The van der Waals surface area contributed by atoms with E-state index in [1.807, 2.05) is 6.07 Å². The van der Waals surface area contributed by atoms with E-state index in [-0.39, 0.29) is 23.8 Å². The number of phenolic OH excluding ortho intramolecular Hbond substituents is 1. The van der Waals surface area contributed by atoms with Crippen LogP contribution >= 0.6 is 11.6 Å². The van der Waals surface area contributed by atoms with Crippen LogP contribution in [0.15, 0.2) is 47.6 Å². The highest BCUT2D eigenvalue weighted by molar-refractivity contribution is 6.30. The van der Waals surface area contributed by atoms with Crippen molar-refractivity contribution < 1.29 is 19.7 Å². The number of hydrazone groups is 1. The van der Waals surface area contributed by atoms with Crippen LogP contribution in [-0.2, 0) is 4.79 Å². The second-order valence-corrected chi connectivity index (χ2v) is 7.34. The molecule has 0 saturated heterocycles. The summed E-state index contributed by atoms with van der Waals surface area (Å²) in [4.78, 5) is 33.2. The van der Waals surface area contributed by atoms with Gasteiger partial charge in [-0.1, -0.05) is 23.7 Å². The van der Waals surface area contributed by atoms with Crippen LogP contribution in [0.25, 0.3) is 5.57 Å². The molecule has 2 aromatic rings. The van der Waals surface area contributed by atoms with Gasteiger partial charge in [0.2, 0.25) is 5.91 Å². The zero-order valence-corrected chi connectivity index (χ0v) is 15.9. The number of aromatic hydroxyl groups is 1. The van der Waals surface area contributed by atoms with Crippen molar-refractivity contribution in [1.29, 1.82) is 0 Å². The number of carbonyl (C=O) groups is 1. The predicted molar refractivity (Wildman–Crippen MR) is 107 cm³/mol. The average molecular weight is 429 g/mol. The van der Waals surface area contributed by atoms with Crippen molar-refractivity contribution in [2.24, 2.45) is 11.0 Å². The maximum atomic E-state index is 12.4. The van der Waals surface area contributed by atoms with E-state index in [0.29, 0.717) is 16.3 Å². The van der Waals surface area contributed by atoms with E-state index in [9.17, 15) is 30.1 Å². The lowest BCUT2D eigenvalue weighted by atomic mass is 9.73. The number of carbonyl (C=O) groups excluding carboxylic acids is 1. The van der Waals surface area contributed by atoms with Crippen molar-refractivity contribution >= 4 is 40.2 Å². The van der Waals surface area contributed by atoms with Gasteiger partial charge in [-0.2, -0.15) is 5.10 Å². The lowest BCUT2D eigenvalue weighted by molar-refractivity contribution is -0.396. The Balaban J connectivity index is 1.86. The molecule has 152 valence electrons. The van der Waals surface area contributed by atoms with Crippen LogP contribution < -0.4 is 5.43 Å². The minimum absolute atomic E-state index is 0.193. The van der Waals surface area contributed by atoms with Crippen molar-refractivity contribution in [2.45, 2.75) is 12.3 Å². The van der Waals surface area contributed by atoms with E-state index >= 15 is 0 Å². The SMILES string of the molecule is O=C1NN=C2C=C(c3cc([N+](=O)[O-])c(O)c([N+](=O)[O-])c3)CC(c3cccc(Cl)c3)C12. The molecule has 2 N–H and O–H groups in total. The van der Waals surface area contributed by atoms with Crippen LogP contribution in [0.1, 0.15) is 23.5 Å². The van der Waals surface area contributed by atoms with Gasteiger partial charge in [0.25, 0.3) is 5.75 Å². The highest BCUT2D eigenvalue weighted by Crippen LogP contribution is 2.45. The zero-order chi connectivity index (χ0) is 21.6. The first-order chi connectivity index (χ1) is 14.3. The number of fused-ring (bicyclic) bond motifs is 1. The minimum Gasteiger partial charge on any atom is -0.497 e. The Morgan fingerprint density at radius 3 is 2.40 bits per heavy atom. The number of nitrogens with zero attached hydrogens (tertiary/aromatic N) is 3. The highest BCUT2D eigenvalue weighted by Gasteiger charge is 2.41. The lowest BCUT2D eigenvalue weighted by Crippen LogP contribution is -2.31. The summed E-state index contributed by atoms with van der Waals surface area (Å²) in [5.74, 6) is -2.25. The normalized spacial score (nSPS) is 20.1. The molecular weight excluding hydrogens is 416 g/mol. The van der Waals surface area contributed by atoms with Crippen molar-refractivity contribution in [3.63, 3.8) is 0 Å². The fourth-order valence-electron chi connectivity index (χ4n) is 3.81. The van der Waals surface area contributed by atoms with Crippen LogP contribution in [-0.4, -0.2) is 26.6 Å². The van der Waals surface area contributed by atoms with Gasteiger partial charge in [-0.15, -0.1) is 0 Å². The number of nitrogens with one attached hydrogen (secondary N) is 1. The van der Waals surface area contributed by atoms with Crippen LogP contribution in [0.4, 0.5) is 11.4 Å². The molecule has 11 heteroatoms. The summed E-state index contributed by atoms with van der Waals surface area (Å²) in [5, 5.41) is 37.0. The van der Waals surface area contributed by atoms with E-state index in [2.05, 4.69) is 10.5 Å². The monoisotopic (exact) mass is 428 g/mol. The highest BCUT2D eigenvalue weighted by atomic mass is 35.5. The van der Waals surface area contributed by atoms with Crippen LogP contribution in [0.5, 0.6) is 5.75 Å². The number of rotatable bonds is 4. The summed E-state index contributed by atoms with van der Waals surface area (Å²) >= 11 is 6.10. The summed E-state index contributed by atoms with van der Waals surface area (Å²) in [6.45, 7) is 0. The molecule has 1 aliphatic heterocycles. The van der Waals surface area contributed by atoms with Gasteiger partial charge < -0.3 is 5.11 Å². The predicted octanol–water partition coefficient (Wildman–Crippen LogP) is 3.53. The fraction of sp³-hybridized carbons (Fsp3) is 0.158. The molecule has 30 heavy (non-hydrogen) atoms. The van der Waals surface area contributed by atoms with E-state index in [1.165, 1.54) is 0 Å². The van der Waals surface area contributed by atoms with Crippen molar-refractivity contribution in [2.75, 3.05) is 0 Å². The largest absolute Gasteiger partial charge is 0.497 e. The molecule has 4 rings (SSSR count). The Morgan fingerprint density at radius 2 is 1.80 bits per heavy atom. The Labute approximate surface area is 173 Å². The first-order valence-corrected chi connectivity index (χ1v) is 9.13. The molecule has 0 saturated carbocycles. The topological polar surface area (TPSA) is 148 Å².